The second-order valence-corrected chi connectivity index (χ2v) is 8.76. The van der Waals surface area contributed by atoms with Gasteiger partial charge in [-0.3, -0.25) is 9.20 Å². The van der Waals surface area contributed by atoms with Crippen LogP contribution in [0.1, 0.15) is 49.4 Å². The monoisotopic (exact) mass is 463 g/mol. The third kappa shape index (κ3) is 4.99. The van der Waals surface area contributed by atoms with Crippen LogP contribution in [0.4, 0.5) is 0 Å². The summed E-state index contributed by atoms with van der Waals surface area (Å²) in [7, 11) is 0. The lowest BCUT2D eigenvalue weighted by Crippen LogP contribution is -2.26. The summed E-state index contributed by atoms with van der Waals surface area (Å²) in [6.45, 7) is 9.04. The van der Waals surface area contributed by atoms with Crippen molar-refractivity contribution in [3.63, 3.8) is 0 Å². The Morgan fingerprint density at radius 1 is 1.19 bits per heavy atom. The molecule has 0 atom stereocenters. The zero-order valence-corrected chi connectivity index (χ0v) is 19.5. The Kier molecular flexibility index (Phi) is 6.57. The molecule has 9 heteroatoms. The number of carbonyl (C=O) groups is 2. The Balaban J connectivity index is 2.35. The van der Waals surface area contributed by atoms with E-state index in [4.69, 9.17) is 32.7 Å². The molecule has 7 nitrogen and oxygen atoms in total. The molecule has 3 rings (SSSR count). The van der Waals surface area contributed by atoms with Crippen LogP contribution < -0.4 is 0 Å². The molecule has 0 fully saturated rings. The van der Waals surface area contributed by atoms with E-state index in [1.165, 1.54) is 6.20 Å². The van der Waals surface area contributed by atoms with Gasteiger partial charge in [-0.15, -0.1) is 0 Å². The number of carbonyl (C=O) groups excluding carboxylic acids is 2. The second-order valence-electron chi connectivity index (χ2n) is 7.91. The molecule has 0 unspecified atom stereocenters. The summed E-state index contributed by atoms with van der Waals surface area (Å²) in [5, 5.41) is 0.784. The van der Waals surface area contributed by atoms with Crippen molar-refractivity contribution in [2.75, 3.05) is 6.61 Å². The molecule has 0 aliphatic carbocycles. The average Bonchev–Trinajstić information content (AvgIpc) is 3.01. The molecule has 31 heavy (non-hydrogen) atoms. The molecule has 2 heterocycles. The summed E-state index contributed by atoms with van der Waals surface area (Å²) in [6.07, 6.45) is 1.48. The minimum atomic E-state index is -0.720. The Hall–Kier alpha value is -2.64. The van der Waals surface area contributed by atoms with E-state index in [1.54, 1.807) is 57.2 Å². The van der Waals surface area contributed by atoms with Crippen LogP contribution in [0.3, 0.4) is 0 Å². The zero-order valence-electron chi connectivity index (χ0n) is 18.0. The van der Waals surface area contributed by atoms with Crippen molar-refractivity contribution in [3.8, 4) is 11.3 Å². The van der Waals surface area contributed by atoms with E-state index in [1.807, 2.05) is 0 Å². The van der Waals surface area contributed by atoms with E-state index in [-0.39, 0.29) is 18.6 Å². The van der Waals surface area contributed by atoms with E-state index in [0.29, 0.717) is 38.5 Å². The predicted molar refractivity (Wildman–Crippen MR) is 119 cm³/mol. The van der Waals surface area contributed by atoms with Gasteiger partial charge in [0.1, 0.15) is 11.2 Å². The van der Waals surface area contributed by atoms with E-state index >= 15 is 0 Å². The summed E-state index contributed by atoms with van der Waals surface area (Å²) in [6, 6.07) is 4.97. The molecule has 2 aromatic heterocycles. The van der Waals surface area contributed by atoms with E-state index in [9.17, 15) is 9.59 Å². The third-order valence-corrected chi connectivity index (χ3v) is 4.87. The molecule has 0 N–H and O–H groups in total. The summed E-state index contributed by atoms with van der Waals surface area (Å²) in [4.78, 5) is 34.2. The fourth-order valence-corrected chi connectivity index (χ4v) is 3.68. The lowest BCUT2D eigenvalue weighted by Gasteiger charge is -2.22. The van der Waals surface area contributed by atoms with Gasteiger partial charge < -0.3 is 9.47 Å². The van der Waals surface area contributed by atoms with Gasteiger partial charge in [0, 0.05) is 10.6 Å². The molecule has 1 aromatic carbocycles. The van der Waals surface area contributed by atoms with Crippen LogP contribution in [0.15, 0.2) is 24.4 Å². The van der Waals surface area contributed by atoms with E-state index in [0.717, 1.165) is 0 Å². The van der Waals surface area contributed by atoms with Gasteiger partial charge in [0.15, 0.2) is 0 Å². The highest BCUT2D eigenvalue weighted by Crippen LogP contribution is 2.35. The maximum absolute atomic E-state index is 13.2. The van der Waals surface area contributed by atoms with Gasteiger partial charge in [-0.25, -0.2) is 14.8 Å². The smallest absolute Gasteiger partial charge is 0.342 e. The van der Waals surface area contributed by atoms with Crippen molar-refractivity contribution in [2.45, 2.75) is 46.6 Å². The Morgan fingerprint density at radius 2 is 1.90 bits per heavy atom. The van der Waals surface area contributed by atoms with Gasteiger partial charge >= 0.3 is 11.9 Å². The molecule has 0 amide bonds. The number of nitrogens with zero attached hydrogens (tertiary/aromatic N) is 3. The molecule has 0 spiro atoms. The number of benzene rings is 1. The number of aromatic nitrogens is 3. The number of aryl methyl sites for hydroxylation is 1. The van der Waals surface area contributed by atoms with Crippen molar-refractivity contribution in [1.29, 1.82) is 0 Å². The Labute approximate surface area is 190 Å². The van der Waals surface area contributed by atoms with Gasteiger partial charge in [0.05, 0.1) is 41.3 Å². The second kappa shape index (κ2) is 8.85. The fraction of sp³-hybridized carbons (Fsp3) is 0.364. The van der Waals surface area contributed by atoms with Gasteiger partial charge in [0.2, 0.25) is 5.78 Å². The quantitative estimate of drug-likeness (QED) is 0.491. The highest BCUT2D eigenvalue weighted by atomic mass is 35.5. The first-order chi connectivity index (χ1) is 14.5. The normalized spacial score (nSPS) is 11.6. The fourth-order valence-electron chi connectivity index (χ4n) is 3.18. The van der Waals surface area contributed by atoms with E-state index in [2.05, 4.69) is 9.97 Å². The summed E-state index contributed by atoms with van der Waals surface area (Å²) in [5.41, 5.74) is 1.40. The number of ether oxygens (including phenoxy) is 2. The molecule has 164 valence electrons. The van der Waals surface area contributed by atoms with Crippen molar-refractivity contribution in [2.24, 2.45) is 0 Å². The zero-order chi connectivity index (χ0) is 22.9. The summed E-state index contributed by atoms with van der Waals surface area (Å²) < 4.78 is 12.4. The molecular formula is C22H23Cl2N3O4. The maximum atomic E-state index is 13.2. The number of esters is 2. The predicted octanol–water partition coefficient (Wildman–Crippen LogP) is 5.07. The van der Waals surface area contributed by atoms with Crippen molar-refractivity contribution in [3.05, 3.63) is 51.4 Å². The highest BCUT2D eigenvalue weighted by Gasteiger charge is 2.28. The lowest BCUT2D eigenvalue weighted by atomic mass is 10.0. The summed E-state index contributed by atoms with van der Waals surface area (Å²) in [5.74, 6) is -0.654. The van der Waals surface area contributed by atoms with Crippen LogP contribution in [0.2, 0.25) is 10.0 Å². The van der Waals surface area contributed by atoms with Gasteiger partial charge in [0.25, 0.3) is 0 Å². The minimum Gasteiger partial charge on any atom is -0.466 e. The molecule has 0 aliphatic rings. The van der Waals surface area contributed by atoms with Crippen LogP contribution >= 0.6 is 23.2 Å². The van der Waals surface area contributed by atoms with Crippen LogP contribution in [-0.4, -0.2) is 38.5 Å². The van der Waals surface area contributed by atoms with Crippen molar-refractivity contribution < 1.29 is 19.1 Å². The number of hydrogen-bond donors (Lipinski definition) is 0. The largest absolute Gasteiger partial charge is 0.466 e. The number of imidazole rings is 1. The number of hydrogen-bond acceptors (Lipinski definition) is 6. The summed E-state index contributed by atoms with van der Waals surface area (Å²) >= 11 is 12.6. The van der Waals surface area contributed by atoms with Crippen LogP contribution in [0.5, 0.6) is 0 Å². The minimum absolute atomic E-state index is 0.0499. The van der Waals surface area contributed by atoms with Crippen LogP contribution in [0.25, 0.3) is 17.0 Å². The molecule has 0 aliphatic heterocycles. The van der Waals surface area contributed by atoms with Gasteiger partial charge in [-0.2, -0.15) is 0 Å². The average molecular weight is 464 g/mol. The SMILES string of the molecule is CCOC(=O)Cc1cnc2nc(C)c(C(=O)OC(C)(C)C)c(-c3ccc(Cl)cc3Cl)n12. The van der Waals surface area contributed by atoms with Crippen LogP contribution in [0, 0.1) is 6.92 Å². The van der Waals surface area contributed by atoms with Crippen LogP contribution in [-0.2, 0) is 20.7 Å². The lowest BCUT2D eigenvalue weighted by molar-refractivity contribution is -0.142. The molecule has 0 saturated heterocycles. The molecule has 0 bridgehead atoms. The maximum Gasteiger partial charge on any atom is 0.342 e. The van der Waals surface area contributed by atoms with Gasteiger partial charge in [-0.1, -0.05) is 23.2 Å². The number of rotatable bonds is 5. The molecular weight excluding hydrogens is 441 g/mol. The van der Waals surface area contributed by atoms with E-state index < -0.39 is 17.5 Å². The molecule has 0 radical (unpaired) electrons. The highest BCUT2D eigenvalue weighted by molar-refractivity contribution is 6.36. The van der Waals surface area contributed by atoms with Gasteiger partial charge in [-0.05, 0) is 52.8 Å². The molecule has 3 aromatic rings. The first-order valence-corrected chi connectivity index (χ1v) is 10.5. The third-order valence-electron chi connectivity index (χ3n) is 4.33. The Bertz CT molecular complexity index is 1170. The van der Waals surface area contributed by atoms with Crippen molar-refractivity contribution in [1.82, 2.24) is 14.4 Å². The van der Waals surface area contributed by atoms with Crippen molar-refractivity contribution >= 4 is 40.9 Å². The number of halogens is 2. The Morgan fingerprint density at radius 3 is 2.52 bits per heavy atom. The topological polar surface area (TPSA) is 82.8 Å². The molecule has 0 saturated carbocycles. The standard InChI is InChI=1S/C22H23Cl2N3O4/c1-6-30-17(28)10-14-11-25-21-26-12(2)18(20(29)31-22(3,4)5)19(27(14)21)15-8-7-13(23)9-16(15)24/h7-9,11H,6,10H2,1-5H3. The number of fused-ring (bicyclic) bond motifs is 1. The first kappa shape index (κ1) is 23.0. The first-order valence-electron chi connectivity index (χ1n) is 9.73.